The predicted molar refractivity (Wildman–Crippen MR) is 192 cm³/mol. The molecule has 6 aromatic rings. The first-order valence-electron chi connectivity index (χ1n) is 16.7. The first-order chi connectivity index (χ1) is 25.7. The Kier molecular flexibility index (Phi) is 9.91. The first kappa shape index (κ1) is 35.3. The molecular weight excluding hydrogens is 685 g/mol. The fraction of sp³-hybridized carbons (Fsp3) is 0.231. The minimum atomic E-state index is -2.12. The molecule has 1 unspecified atom stereocenters. The molecule has 1 aliphatic heterocycles. The number of halogens is 1. The maximum Gasteiger partial charge on any atom is 0.280 e. The van der Waals surface area contributed by atoms with E-state index >= 15 is 4.39 Å². The van der Waals surface area contributed by atoms with Crippen molar-refractivity contribution in [2.24, 2.45) is 0 Å². The van der Waals surface area contributed by atoms with Crippen molar-refractivity contribution in [1.82, 2.24) is 19.5 Å². The highest BCUT2D eigenvalue weighted by atomic mass is 19.1. The van der Waals surface area contributed by atoms with Crippen molar-refractivity contribution in [3.8, 4) is 17.2 Å². The SMILES string of the molecule is COc1ccc(C(OC(C(=O)COc2ccccc2)[C@H]2O[C@@H](n3cnc4c(=O)[nH]c(N)nc43)[C@H](F)[C@@H]2O)(c2ccccc2)c2ccc(OC)cc2)cc1. The molecule has 5 atom stereocenters. The van der Waals surface area contributed by atoms with Crippen LogP contribution in [-0.2, 0) is 19.9 Å². The topological polar surface area (TPSA) is 173 Å². The number of Topliss-reactive ketones (excluding diaryl/α,β-unsaturated/α-hetero) is 1. The highest BCUT2D eigenvalue weighted by molar-refractivity contribution is 5.85. The minimum absolute atomic E-state index is 0.0712. The molecule has 4 aromatic carbocycles. The Labute approximate surface area is 302 Å². The van der Waals surface area contributed by atoms with Gasteiger partial charge in [0.25, 0.3) is 5.56 Å². The Bertz CT molecular complexity index is 2190. The third-order valence-corrected chi connectivity index (χ3v) is 9.17. The van der Waals surface area contributed by atoms with Crippen LogP contribution in [0.5, 0.6) is 17.2 Å². The molecule has 1 fully saturated rings. The number of para-hydroxylation sites is 1. The summed E-state index contributed by atoms with van der Waals surface area (Å²) in [5.41, 5.74) is 5.17. The average Bonchev–Trinajstić information content (AvgIpc) is 3.75. The number of ketones is 1. The first-order valence-corrected chi connectivity index (χ1v) is 16.7. The molecule has 3 heterocycles. The third-order valence-electron chi connectivity index (χ3n) is 9.17. The lowest BCUT2D eigenvalue weighted by Gasteiger charge is -2.40. The molecule has 13 nitrogen and oxygen atoms in total. The number of benzene rings is 4. The van der Waals surface area contributed by atoms with Gasteiger partial charge in [0.1, 0.15) is 41.7 Å². The number of anilines is 1. The van der Waals surface area contributed by atoms with Gasteiger partial charge in [-0.25, -0.2) is 9.37 Å². The van der Waals surface area contributed by atoms with Crippen molar-refractivity contribution in [2.45, 2.75) is 36.3 Å². The summed E-state index contributed by atoms with van der Waals surface area (Å²) in [6.07, 6.45) is -7.69. The largest absolute Gasteiger partial charge is 0.497 e. The maximum absolute atomic E-state index is 16.4. The van der Waals surface area contributed by atoms with E-state index in [1.54, 1.807) is 93.1 Å². The zero-order chi connectivity index (χ0) is 37.1. The number of carbonyl (C=O) groups excluding carboxylic acids is 1. The maximum atomic E-state index is 16.4. The Morgan fingerprint density at radius 3 is 2.06 bits per heavy atom. The van der Waals surface area contributed by atoms with Crippen molar-refractivity contribution >= 4 is 22.9 Å². The number of aliphatic hydroxyl groups is 1. The molecular formula is C39H36FN5O8. The molecule has 14 heteroatoms. The fourth-order valence-corrected chi connectivity index (χ4v) is 6.55. The van der Waals surface area contributed by atoms with Gasteiger partial charge >= 0.3 is 0 Å². The van der Waals surface area contributed by atoms with Gasteiger partial charge in [0.15, 0.2) is 29.7 Å². The molecule has 1 aliphatic rings. The standard InChI is InChI=1S/C39H36FN5O8/c1-49-26-17-13-24(14-18-26)39(23-9-5-3-6-10-23,25-15-19-27(50-2)20-16-25)53-33(29(46)21-51-28-11-7-4-8-12-28)34-32(47)30(40)37(52-34)45-22-42-31-35(45)43-38(41)44-36(31)48/h3-20,22,30,32-34,37,47H,21H2,1-2H3,(H3,41,43,44,48)/t30-,32+,33?,34+,37-/m1/s1. The number of rotatable bonds is 13. The van der Waals surface area contributed by atoms with E-state index in [0.29, 0.717) is 33.9 Å². The van der Waals surface area contributed by atoms with Gasteiger partial charge in [0.05, 0.1) is 20.5 Å². The van der Waals surface area contributed by atoms with Gasteiger partial charge < -0.3 is 34.5 Å². The molecule has 0 aliphatic carbocycles. The number of methoxy groups -OCH3 is 2. The van der Waals surface area contributed by atoms with E-state index in [0.717, 1.165) is 10.9 Å². The Balaban J connectivity index is 1.38. The number of carbonyl (C=O) groups is 1. The molecule has 0 bridgehead atoms. The zero-order valence-corrected chi connectivity index (χ0v) is 28.7. The van der Waals surface area contributed by atoms with Crippen LogP contribution in [0.3, 0.4) is 0 Å². The molecule has 0 radical (unpaired) electrons. The summed E-state index contributed by atoms with van der Waals surface area (Å²) in [7, 11) is 3.10. The van der Waals surface area contributed by atoms with Crippen molar-refractivity contribution in [3.05, 3.63) is 143 Å². The number of nitrogens with two attached hydrogens (primary N) is 1. The number of ether oxygens (including phenoxy) is 5. The van der Waals surface area contributed by atoms with Crippen molar-refractivity contribution < 1.29 is 38.0 Å². The number of fused-ring (bicyclic) bond motifs is 1. The van der Waals surface area contributed by atoms with Gasteiger partial charge in [0, 0.05) is 0 Å². The summed E-state index contributed by atoms with van der Waals surface area (Å²) in [5.74, 6) is 0.686. The van der Waals surface area contributed by atoms with Crippen LogP contribution in [0.15, 0.2) is 120 Å². The zero-order valence-electron chi connectivity index (χ0n) is 28.7. The van der Waals surface area contributed by atoms with E-state index in [1.165, 1.54) is 0 Å². The van der Waals surface area contributed by atoms with Gasteiger partial charge in [-0.2, -0.15) is 4.98 Å². The monoisotopic (exact) mass is 721 g/mol. The third kappa shape index (κ3) is 6.70. The second kappa shape index (κ2) is 14.9. The molecule has 272 valence electrons. The molecule has 2 aromatic heterocycles. The normalized spacial score (nSPS) is 19.2. The number of imidazole rings is 1. The number of aliphatic hydroxyl groups excluding tert-OH is 1. The van der Waals surface area contributed by atoms with E-state index in [2.05, 4.69) is 15.0 Å². The van der Waals surface area contributed by atoms with Crippen LogP contribution in [0.25, 0.3) is 11.2 Å². The molecule has 53 heavy (non-hydrogen) atoms. The Hall–Kier alpha value is -6.09. The van der Waals surface area contributed by atoms with Gasteiger partial charge in [-0.05, 0) is 53.1 Å². The minimum Gasteiger partial charge on any atom is -0.497 e. The summed E-state index contributed by atoms with van der Waals surface area (Å²) >= 11 is 0. The number of aromatic amines is 1. The summed E-state index contributed by atoms with van der Waals surface area (Å²) < 4.78 is 47.7. The van der Waals surface area contributed by atoms with E-state index in [4.69, 9.17) is 29.4 Å². The quantitative estimate of drug-likeness (QED) is 0.145. The number of alkyl halides is 1. The number of nitrogens with one attached hydrogen (secondary N) is 1. The van der Waals surface area contributed by atoms with Crippen molar-refractivity contribution in [3.63, 3.8) is 0 Å². The van der Waals surface area contributed by atoms with Crippen molar-refractivity contribution in [1.29, 1.82) is 0 Å². The highest BCUT2D eigenvalue weighted by Crippen LogP contribution is 2.45. The van der Waals surface area contributed by atoms with E-state index in [9.17, 15) is 14.7 Å². The lowest BCUT2D eigenvalue weighted by Crippen LogP contribution is -2.50. The van der Waals surface area contributed by atoms with Gasteiger partial charge in [-0.15, -0.1) is 0 Å². The summed E-state index contributed by atoms with van der Waals surface area (Å²) in [5, 5.41) is 11.6. The number of hydrogen-bond acceptors (Lipinski definition) is 11. The van der Waals surface area contributed by atoms with Crippen LogP contribution in [0.2, 0.25) is 0 Å². The van der Waals surface area contributed by atoms with Crippen LogP contribution in [0, 0.1) is 0 Å². The summed E-state index contributed by atoms with van der Waals surface area (Å²) in [4.78, 5) is 37.6. The Morgan fingerprint density at radius 1 is 0.906 bits per heavy atom. The van der Waals surface area contributed by atoms with Crippen LogP contribution in [0.4, 0.5) is 10.3 Å². The van der Waals surface area contributed by atoms with E-state index in [-0.39, 0.29) is 17.1 Å². The number of aromatic nitrogens is 4. The van der Waals surface area contributed by atoms with Crippen LogP contribution in [-0.4, -0.2) is 75.7 Å². The molecule has 0 saturated carbocycles. The molecule has 1 saturated heterocycles. The lowest BCUT2D eigenvalue weighted by molar-refractivity contribution is -0.167. The Morgan fingerprint density at radius 2 is 1.47 bits per heavy atom. The number of nitrogen functional groups attached to an aromatic ring is 1. The van der Waals surface area contributed by atoms with E-state index in [1.807, 2.05) is 30.3 Å². The summed E-state index contributed by atoms with van der Waals surface area (Å²) in [6.45, 7) is -0.513. The summed E-state index contributed by atoms with van der Waals surface area (Å²) in [6, 6.07) is 32.1. The second-order valence-electron chi connectivity index (χ2n) is 12.3. The van der Waals surface area contributed by atoms with Gasteiger partial charge in [0.2, 0.25) is 11.7 Å². The predicted octanol–water partition coefficient (Wildman–Crippen LogP) is 4.34. The molecule has 0 amide bonds. The lowest BCUT2D eigenvalue weighted by atomic mass is 9.79. The molecule has 0 spiro atoms. The number of hydrogen-bond donors (Lipinski definition) is 3. The second-order valence-corrected chi connectivity index (χ2v) is 12.3. The van der Waals surface area contributed by atoms with Gasteiger partial charge in [-0.3, -0.25) is 19.1 Å². The van der Waals surface area contributed by atoms with Crippen molar-refractivity contribution in [2.75, 3.05) is 26.6 Å². The number of nitrogens with zero attached hydrogens (tertiary/aromatic N) is 3. The fourth-order valence-electron chi connectivity index (χ4n) is 6.55. The number of H-pyrrole nitrogens is 1. The smallest absolute Gasteiger partial charge is 0.280 e. The van der Waals surface area contributed by atoms with Crippen LogP contribution in [0.1, 0.15) is 22.9 Å². The molecule has 7 rings (SSSR count). The van der Waals surface area contributed by atoms with E-state index < -0.39 is 54.3 Å². The van der Waals surface area contributed by atoms with Crippen LogP contribution < -0.4 is 25.5 Å². The average molecular weight is 722 g/mol. The van der Waals surface area contributed by atoms with Crippen LogP contribution >= 0.6 is 0 Å². The molecule has 4 N–H and O–H groups in total. The highest BCUT2D eigenvalue weighted by Gasteiger charge is 2.54. The van der Waals surface area contributed by atoms with Gasteiger partial charge in [-0.1, -0.05) is 72.8 Å².